The predicted octanol–water partition coefficient (Wildman–Crippen LogP) is 4.63. The van der Waals surface area contributed by atoms with E-state index in [-0.39, 0.29) is 5.91 Å². The molecule has 3 rings (SSSR count). The molecule has 1 saturated carbocycles. The van der Waals surface area contributed by atoms with Crippen molar-refractivity contribution in [2.75, 3.05) is 5.75 Å². The van der Waals surface area contributed by atoms with Crippen molar-refractivity contribution in [3.05, 3.63) is 42.5 Å². The van der Waals surface area contributed by atoms with Crippen LogP contribution in [-0.4, -0.2) is 17.7 Å². The number of carbonyl (C=O) groups excluding carboxylic acids is 1. The van der Waals surface area contributed by atoms with Crippen molar-refractivity contribution in [2.45, 2.75) is 43.5 Å². The van der Waals surface area contributed by atoms with Gasteiger partial charge in [-0.1, -0.05) is 56.2 Å². The van der Waals surface area contributed by atoms with Crippen molar-refractivity contribution in [2.24, 2.45) is 5.92 Å². The molecule has 0 saturated heterocycles. The summed E-state index contributed by atoms with van der Waals surface area (Å²) in [5.74, 6) is 1.27. The predicted molar refractivity (Wildman–Crippen MR) is 94.2 cm³/mol. The highest BCUT2D eigenvalue weighted by Crippen LogP contribution is 2.28. The van der Waals surface area contributed by atoms with E-state index in [0.29, 0.717) is 17.7 Å². The number of benzene rings is 2. The molecule has 0 spiro atoms. The van der Waals surface area contributed by atoms with Crippen LogP contribution in [0.2, 0.25) is 0 Å². The van der Waals surface area contributed by atoms with E-state index in [1.165, 1.54) is 34.9 Å². The molecule has 2 aromatic carbocycles. The molecule has 0 unspecified atom stereocenters. The van der Waals surface area contributed by atoms with E-state index in [1.807, 2.05) is 6.07 Å². The van der Waals surface area contributed by atoms with Gasteiger partial charge in [0.05, 0.1) is 5.75 Å². The van der Waals surface area contributed by atoms with Crippen molar-refractivity contribution >= 4 is 28.4 Å². The van der Waals surface area contributed by atoms with Gasteiger partial charge in [-0.05, 0) is 35.6 Å². The van der Waals surface area contributed by atoms with Crippen molar-refractivity contribution in [3.63, 3.8) is 0 Å². The Morgan fingerprint density at radius 2 is 1.91 bits per heavy atom. The normalized spacial score (nSPS) is 21.7. The fourth-order valence-electron chi connectivity index (χ4n) is 3.24. The van der Waals surface area contributed by atoms with Crippen LogP contribution in [0.15, 0.2) is 47.4 Å². The van der Waals surface area contributed by atoms with E-state index < -0.39 is 0 Å². The Kier molecular flexibility index (Phi) is 5.04. The molecule has 3 heteroatoms. The van der Waals surface area contributed by atoms with Gasteiger partial charge < -0.3 is 5.32 Å². The molecule has 1 N–H and O–H groups in total. The molecule has 2 nitrogen and oxygen atoms in total. The summed E-state index contributed by atoms with van der Waals surface area (Å²) in [5, 5.41) is 5.69. The molecule has 1 fully saturated rings. The summed E-state index contributed by atoms with van der Waals surface area (Å²) in [6, 6.07) is 15.0. The first-order valence-electron chi connectivity index (χ1n) is 8.14. The number of thioether (sulfide) groups is 1. The Morgan fingerprint density at radius 1 is 1.14 bits per heavy atom. The van der Waals surface area contributed by atoms with Crippen molar-refractivity contribution in [1.29, 1.82) is 0 Å². The van der Waals surface area contributed by atoms with Crippen LogP contribution in [0, 0.1) is 5.92 Å². The van der Waals surface area contributed by atoms with Crippen LogP contribution in [0.25, 0.3) is 10.8 Å². The van der Waals surface area contributed by atoms with Crippen LogP contribution in [-0.2, 0) is 4.79 Å². The van der Waals surface area contributed by atoms with Crippen LogP contribution >= 0.6 is 11.8 Å². The summed E-state index contributed by atoms with van der Waals surface area (Å²) in [6.45, 7) is 2.25. The molecule has 1 amide bonds. The zero-order valence-corrected chi connectivity index (χ0v) is 13.9. The van der Waals surface area contributed by atoms with Gasteiger partial charge in [-0.15, -0.1) is 11.8 Å². The van der Waals surface area contributed by atoms with Gasteiger partial charge in [0.15, 0.2) is 0 Å². The summed E-state index contributed by atoms with van der Waals surface area (Å²) in [4.78, 5) is 13.4. The summed E-state index contributed by atoms with van der Waals surface area (Å²) < 4.78 is 0. The third-order valence-electron chi connectivity index (χ3n) is 4.57. The number of rotatable bonds is 4. The number of amides is 1. The zero-order valence-electron chi connectivity index (χ0n) is 13.0. The number of fused-ring (bicyclic) bond motifs is 1. The highest BCUT2D eigenvalue weighted by molar-refractivity contribution is 8.00. The van der Waals surface area contributed by atoms with Gasteiger partial charge in [-0.3, -0.25) is 4.79 Å². The van der Waals surface area contributed by atoms with Gasteiger partial charge in [0.2, 0.25) is 5.91 Å². The number of hydrogen-bond donors (Lipinski definition) is 1. The lowest BCUT2D eigenvalue weighted by Gasteiger charge is -2.29. The second-order valence-electron chi connectivity index (χ2n) is 6.20. The Balaban J connectivity index is 1.60. The topological polar surface area (TPSA) is 29.1 Å². The smallest absolute Gasteiger partial charge is 0.230 e. The lowest BCUT2D eigenvalue weighted by molar-refractivity contribution is -0.119. The Morgan fingerprint density at radius 3 is 2.77 bits per heavy atom. The summed E-state index contributed by atoms with van der Waals surface area (Å²) in [6.07, 6.45) is 4.91. The van der Waals surface area contributed by atoms with E-state index in [9.17, 15) is 4.79 Å². The minimum absolute atomic E-state index is 0.164. The molecular formula is C19H23NOS. The molecule has 0 aliphatic heterocycles. The first kappa shape index (κ1) is 15.4. The number of carbonyl (C=O) groups is 1. The average molecular weight is 313 g/mol. The fraction of sp³-hybridized carbons (Fsp3) is 0.421. The van der Waals surface area contributed by atoms with E-state index >= 15 is 0 Å². The fourth-order valence-corrected chi connectivity index (χ4v) is 4.13. The highest BCUT2D eigenvalue weighted by atomic mass is 32.2. The molecule has 2 atom stereocenters. The second kappa shape index (κ2) is 7.19. The molecule has 0 radical (unpaired) electrons. The van der Waals surface area contributed by atoms with Crippen LogP contribution in [0.5, 0.6) is 0 Å². The lowest BCUT2D eigenvalue weighted by Crippen LogP contribution is -2.41. The van der Waals surface area contributed by atoms with E-state index in [1.54, 1.807) is 11.8 Å². The SMILES string of the molecule is C[C@@H]1CCCC[C@H]1NC(=O)CSc1cccc2ccccc12. The van der Waals surface area contributed by atoms with Crippen molar-refractivity contribution in [3.8, 4) is 0 Å². The van der Waals surface area contributed by atoms with Crippen LogP contribution in [0.4, 0.5) is 0 Å². The molecule has 22 heavy (non-hydrogen) atoms. The summed E-state index contributed by atoms with van der Waals surface area (Å²) in [7, 11) is 0. The van der Waals surface area contributed by atoms with Crippen LogP contribution < -0.4 is 5.32 Å². The van der Waals surface area contributed by atoms with Gasteiger partial charge in [0.25, 0.3) is 0 Å². The maximum absolute atomic E-state index is 12.2. The standard InChI is InChI=1S/C19H23NOS/c1-14-7-2-5-11-17(14)20-19(21)13-22-18-12-6-9-15-8-3-4-10-16(15)18/h3-4,6,8-10,12,14,17H,2,5,7,11,13H2,1H3,(H,20,21)/t14-,17-/m1/s1. The molecular weight excluding hydrogens is 290 g/mol. The van der Waals surface area contributed by atoms with Gasteiger partial charge >= 0.3 is 0 Å². The van der Waals surface area contributed by atoms with Crippen molar-refractivity contribution < 1.29 is 4.79 Å². The van der Waals surface area contributed by atoms with Crippen LogP contribution in [0.1, 0.15) is 32.6 Å². The average Bonchev–Trinajstić information content (AvgIpc) is 2.55. The van der Waals surface area contributed by atoms with Crippen molar-refractivity contribution in [1.82, 2.24) is 5.32 Å². The molecule has 1 aliphatic rings. The van der Waals surface area contributed by atoms with Gasteiger partial charge in [0, 0.05) is 10.9 Å². The number of hydrogen-bond acceptors (Lipinski definition) is 2. The molecule has 2 aromatic rings. The minimum Gasteiger partial charge on any atom is -0.352 e. The molecule has 0 heterocycles. The Hall–Kier alpha value is -1.48. The molecule has 0 aromatic heterocycles. The van der Waals surface area contributed by atoms with E-state index in [2.05, 4.69) is 48.6 Å². The second-order valence-corrected chi connectivity index (χ2v) is 7.22. The minimum atomic E-state index is 0.164. The molecule has 0 bridgehead atoms. The summed E-state index contributed by atoms with van der Waals surface area (Å²) >= 11 is 1.64. The first-order valence-corrected chi connectivity index (χ1v) is 9.12. The zero-order chi connectivity index (χ0) is 15.4. The van der Waals surface area contributed by atoms with Gasteiger partial charge in [-0.25, -0.2) is 0 Å². The first-order chi connectivity index (χ1) is 10.7. The van der Waals surface area contributed by atoms with Gasteiger partial charge in [-0.2, -0.15) is 0 Å². The largest absolute Gasteiger partial charge is 0.352 e. The highest BCUT2D eigenvalue weighted by Gasteiger charge is 2.22. The third kappa shape index (κ3) is 3.64. The lowest BCUT2D eigenvalue weighted by atomic mass is 9.86. The Bertz CT molecular complexity index is 649. The molecule has 116 valence electrons. The Labute approximate surface area is 136 Å². The maximum Gasteiger partial charge on any atom is 0.230 e. The monoisotopic (exact) mass is 313 g/mol. The van der Waals surface area contributed by atoms with Gasteiger partial charge in [0.1, 0.15) is 0 Å². The third-order valence-corrected chi connectivity index (χ3v) is 5.64. The van der Waals surface area contributed by atoms with Crippen LogP contribution in [0.3, 0.4) is 0 Å². The van der Waals surface area contributed by atoms with E-state index in [4.69, 9.17) is 0 Å². The summed E-state index contributed by atoms with van der Waals surface area (Å²) in [5.41, 5.74) is 0. The molecule has 1 aliphatic carbocycles. The maximum atomic E-state index is 12.2. The number of nitrogens with one attached hydrogen (secondary N) is 1. The quantitative estimate of drug-likeness (QED) is 0.834. The van der Waals surface area contributed by atoms with E-state index in [0.717, 1.165) is 6.42 Å².